The largest absolute Gasteiger partial charge is 0.466 e. The smallest absolute Gasteiger partial charge is 0.309 e. The third-order valence-electron chi connectivity index (χ3n) is 4.12. The molecule has 1 atom stereocenters. The lowest BCUT2D eigenvalue weighted by Crippen LogP contribution is -2.32. The summed E-state index contributed by atoms with van der Waals surface area (Å²) in [6.45, 7) is 8.35. The Morgan fingerprint density at radius 1 is 1.22 bits per heavy atom. The van der Waals surface area contributed by atoms with Crippen molar-refractivity contribution in [3.63, 3.8) is 0 Å². The molecule has 0 saturated heterocycles. The summed E-state index contributed by atoms with van der Waals surface area (Å²) >= 11 is 0. The molecule has 0 radical (unpaired) electrons. The second-order valence-corrected chi connectivity index (χ2v) is 5.61. The summed E-state index contributed by atoms with van der Waals surface area (Å²) in [5, 5.41) is 3.43. The summed E-state index contributed by atoms with van der Waals surface area (Å²) in [6, 6.07) is 0. The van der Waals surface area contributed by atoms with E-state index in [0.717, 1.165) is 24.9 Å². The van der Waals surface area contributed by atoms with E-state index >= 15 is 0 Å². The molecule has 3 heteroatoms. The Balaban J connectivity index is 2.09. The van der Waals surface area contributed by atoms with Crippen molar-refractivity contribution in [3.05, 3.63) is 0 Å². The number of hydrogen-bond donors (Lipinski definition) is 1. The van der Waals surface area contributed by atoms with Crippen LogP contribution in [-0.4, -0.2) is 25.7 Å². The Morgan fingerprint density at radius 3 is 2.39 bits per heavy atom. The van der Waals surface area contributed by atoms with Gasteiger partial charge in [0.25, 0.3) is 0 Å². The Bertz CT molecular complexity index is 235. The maximum Gasteiger partial charge on any atom is 0.309 e. The van der Waals surface area contributed by atoms with Gasteiger partial charge in [0.05, 0.1) is 12.5 Å². The van der Waals surface area contributed by atoms with Gasteiger partial charge in [-0.15, -0.1) is 0 Å². The van der Waals surface area contributed by atoms with Gasteiger partial charge in [-0.2, -0.15) is 0 Å². The number of nitrogens with one attached hydrogen (secondary N) is 1. The van der Waals surface area contributed by atoms with Crippen molar-refractivity contribution in [2.24, 2.45) is 17.8 Å². The minimum absolute atomic E-state index is 0.0306. The predicted molar refractivity (Wildman–Crippen MR) is 74.4 cm³/mol. The first-order chi connectivity index (χ1) is 8.67. The van der Waals surface area contributed by atoms with E-state index in [2.05, 4.69) is 12.2 Å². The highest BCUT2D eigenvalue weighted by Gasteiger charge is 2.20. The quantitative estimate of drug-likeness (QED) is 0.711. The van der Waals surface area contributed by atoms with Crippen LogP contribution in [0.25, 0.3) is 0 Å². The van der Waals surface area contributed by atoms with Gasteiger partial charge in [0.2, 0.25) is 0 Å². The lowest BCUT2D eigenvalue weighted by molar-refractivity contribution is -0.147. The number of hydrogen-bond acceptors (Lipinski definition) is 3. The fraction of sp³-hybridized carbons (Fsp3) is 0.933. The molecule has 0 aromatic heterocycles. The second-order valence-electron chi connectivity index (χ2n) is 5.61. The van der Waals surface area contributed by atoms with Crippen molar-refractivity contribution >= 4 is 5.97 Å². The van der Waals surface area contributed by atoms with Crippen LogP contribution in [0.2, 0.25) is 0 Å². The van der Waals surface area contributed by atoms with Crippen molar-refractivity contribution in [1.82, 2.24) is 5.32 Å². The molecule has 3 nitrogen and oxygen atoms in total. The number of carbonyl (C=O) groups excluding carboxylic acids is 1. The third-order valence-corrected chi connectivity index (χ3v) is 4.12. The first-order valence-electron chi connectivity index (χ1n) is 7.54. The summed E-state index contributed by atoms with van der Waals surface area (Å²) in [7, 11) is 0. The van der Waals surface area contributed by atoms with Crippen LogP contribution >= 0.6 is 0 Å². The van der Waals surface area contributed by atoms with Crippen LogP contribution in [0.15, 0.2) is 0 Å². The van der Waals surface area contributed by atoms with E-state index in [4.69, 9.17) is 4.74 Å². The van der Waals surface area contributed by atoms with Crippen LogP contribution in [0.4, 0.5) is 0 Å². The van der Waals surface area contributed by atoms with Gasteiger partial charge in [-0.3, -0.25) is 4.79 Å². The molecule has 18 heavy (non-hydrogen) atoms. The summed E-state index contributed by atoms with van der Waals surface area (Å²) in [6.07, 6.45) is 6.80. The highest BCUT2D eigenvalue weighted by Crippen LogP contribution is 2.30. The lowest BCUT2D eigenvalue weighted by Gasteiger charge is -2.28. The Hall–Kier alpha value is -0.570. The molecular formula is C15H29NO2. The molecule has 1 fully saturated rings. The molecule has 106 valence electrons. The standard InChI is InChI=1S/C15H29NO2/c1-4-13-6-8-14(9-7-13)11-16-10-12(3)15(17)18-5-2/h12-14,16H,4-11H2,1-3H3. The monoisotopic (exact) mass is 255 g/mol. The molecule has 1 N–H and O–H groups in total. The minimum atomic E-state index is -0.0836. The van der Waals surface area contributed by atoms with E-state index in [-0.39, 0.29) is 11.9 Å². The summed E-state index contributed by atoms with van der Waals surface area (Å²) in [5.74, 6) is 1.65. The topological polar surface area (TPSA) is 38.3 Å². The first kappa shape index (κ1) is 15.5. The van der Waals surface area contributed by atoms with Crippen LogP contribution in [0.3, 0.4) is 0 Å². The van der Waals surface area contributed by atoms with Gasteiger partial charge in [-0.1, -0.05) is 33.1 Å². The fourth-order valence-electron chi connectivity index (χ4n) is 2.72. The number of ether oxygens (including phenoxy) is 1. The fourth-order valence-corrected chi connectivity index (χ4v) is 2.72. The molecule has 1 aliphatic carbocycles. The zero-order valence-electron chi connectivity index (χ0n) is 12.2. The molecule has 0 spiro atoms. The molecule has 1 unspecified atom stereocenters. The van der Waals surface area contributed by atoms with E-state index in [1.165, 1.54) is 32.1 Å². The SMILES string of the molecule is CCOC(=O)C(C)CNCC1CCC(CC)CC1. The number of esters is 1. The van der Waals surface area contributed by atoms with Gasteiger partial charge in [-0.25, -0.2) is 0 Å². The minimum Gasteiger partial charge on any atom is -0.466 e. The molecule has 0 bridgehead atoms. The number of carbonyl (C=O) groups is 1. The van der Waals surface area contributed by atoms with Crippen LogP contribution in [0.5, 0.6) is 0 Å². The molecule has 0 aromatic rings. The van der Waals surface area contributed by atoms with E-state index in [1.54, 1.807) is 0 Å². The van der Waals surface area contributed by atoms with Crippen molar-refractivity contribution in [2.45, 2.75) is 52.9 Å². The second kappa shape index (κ2) is 8.52. The van der Waals surface area contributed by atoms with Crippen LogP contribution in [0, 0.1) is 17.8 Å². The van der Waals surface area contributed by atoms with Gasteiger partial charge in [0.15, 0.2) is 0 Å². The van der Waals surface area contributed by atoms with Crippen molar-refractivity contribution in [3.8, 4) is 0 Å². The van der Waals surface area contributed by atoms with Crippen molar-refractivity contribution in [1.29, 1.82) is 0 Å². The number of rotatable bonds is 7. The van der Waals surface area contributed by atoms with Gasteiger partial charge in [0.1, 0.15) is 0 Å². The highest BCUT2D eigenvalue weighted by molar-refractivity contribution is 5.72. The van der Waals surface area contributed by atoms with E-state index in [9.17, 15) is 4.79 Å². The molecule has 0 amide bonds. The Kier molecular flexibility index (Phi) is 7.33. The summed E-state index contributed by atoms with van der Waals surface area (Å²) < 4.78 is 5.00. The summed E-state index contributed by atoms with van der Waals surface area (Å²) in [4.78, 5) is 11.4. The van der Waals surface area contributed by atoms with Crippen LogP contribution in [0.1, 0.15) is 52.9 Å². The molecule has 0 heterocycles. The third kappa shape index (κ3) is 5.38. The normalized spacial score (nSPS) is 25.7. The van der Waals surface area contributed by atoms with Crippen LogP contribution in [-0.2, 0) is 9.53 Å². The molecular weight excluding hydrogens is 226 g/mol. The average Bonchev–Trinajstić information content (AvgIpc) is 2.39. The summed E-state index contributed by atoms with van der Waals surface area (Å²) in [5.41, 5.74) is 0. The lowest BCUT2D eigenvalue weighted by atomic mass is 9.81. The van der Waals surface area contributed by atoms with Gasteiger partial charge in [-0.05, 0) is 38.1 Å². The first-order valence-corrected chi connectivity index (χ1v) is 7.54. The highest BCUT2D eigenvalue weighted by atomic mass is 16.5. The van der Waals surface area contributed by atoms with Crippen LogP contribution < -0.4 is 5.32 Å². The van der Waals surface area contributed by atoms with Gasteiger partial charge >= 0.3 is 5.97 Å². The van der Waals surface area contributed by atoms with Gasteiger partial charge < -0.3 is 10.1 Å². The van der Waals surface area contributed by atoms with E-state index in [0.29, 0.717) is 6.61 Å². The van der Waals surface area contributed by atoms with E-state index < -0.39 is 0 Å². The predicted octanol–water partition coefficient (Wildman–Crippen LogP) is 2.99. The molecule has 1 saturated carbocycles. The van der Waals surface area contributed by atoms with E-state index in [1.807, 2.05) is 13.8 Å². The Labute approximate surface area is 112 Å². The Morgan fingerprint density at radius 2 is 1.83 bits per heavy atom. The maximum absolute atomic E-state index is 11.4. The average molecular weight is 255 g/mol. The van der Waals surface area contributed by atoms with Gasteiger partial charge in [0, 0.05) is 6.54 Å². The van der Waals surface area contributed by atoms with Crippen molar-refractivity contribution < 1.29 is 9.53 Å². The zero-order chi connectivity index (χ0) is 13.4. The van der Waals surface area contributed by atoms with Crippen molar-refractivity contribution in [2.75, 3.05) is 19.7 Å². The molecule has 0 aliphatic heterocycles. The molecule has 1 rings (SSSR count). The molecule has 1 aliphatic rings. The molecule has 0 aromatic carbocycles. The maximum atomic E-state index is 11.4. The zero-order valence-corrected chi connectivity index (χ0v) is 12.2.